The first-order chi connectivity index (χ1) is 10.1. The van der Waals surface area contributed by atoms with Gasteiger partial charge in [0.2, 0.25) is 0 Å². The highest BCUT2D eigenvalue weighted by atomic mass is 35.5. The van der Waals surface area contributed by atoms with Crippen molar-refractivity contribution >= 4 is 29.4 Å². The normalized spacial score (nSPS) is 9.95. The van der Waals surface area contributed by atoms with Gasteiger partial charge in [0.1, 0.15) is 11.8 Å². The van der Waals surface area contributed by atoms with Crippen LogP contribution >= 0.6 is 11.6 Å². The van der Waals surface area contributed by atoms with Gasteiger partial charge in [-0.3, -0.25) is 5.32 Å². The van der Waals surface area contributed by atoms with E-state index in [1.807, 2.05) is 18.2 Å². The van der Waals surface area contributed by atoms with Gasteiger partial charge in [0.05, 0.1) is 17.4 Å². The van der Waals surface area contributed by atoms with Crippen molar-refractivity contribution in [3.05, 3.63) is 58.9 Å². The number of ether oxygens (including phenoxy) is 1. The molecular weight excluding hydrogens is 296 g/mol. The van der Waals surface area contributed by atoms with Gasteiger partial charge < -0.3 is 9.84 Å². The summed E-state index contributed by atoms with van der Waals surface area (Å²) >= 11 is 5.62. The second kappa shape index (κ2) is 6.71. The molecule has 0 spiro atoms. The molecule has 108 valence electrons. The summed E-state index contributed by atoms with van der Waals surface area (Å²) in [6.07, 6.45) is 0.390. The third kappa shape index (κ3) is 4.19. The number of carbonyl (C=O) groups is 2. The van der Waals surface area contributed by atoms with Crippen LogP contribution in [0, 0.1) is 0 Å². The average Bonchev–Trinajstić information content (AvgIpc) is 2.48. The number of hydrogen-bond donors (Lipinski definition) is 2. The van der Waals surface area contributed by atoms with Crippen molar-refractivity contribution < 1.29 is 19.4 Å². The maximum absolute atomic E-state index is 11.7. The number of carbonyl (C=O) groups excluding carboxylic acids is 1. The zero-order valence-electron chi connectivity index (χ0n) is 10.7. The maximum Gasteiger partial charge on any atom is 0.412 e. The Morgan fingerprint density at radius 2 is 2.00 bits per heavy atom. The van der Waals surface area contributed by atoms with E-state index in [0.29, 0.717) is 0 Å². The van der Waals surface area contributed by atoms with Gasteiger partial charge in [0.15, 0.2) is 0 Å². The number of halogens is 1. The van der Waals surface area contributed by atoms with Crippen LogP contribution < -0.4 is 5.32 Å². The lowest BCUT2D eigenvalue weighted by Crippen LogP contribution is -2.16. The number of anilines is 1. The second-order valence-corrected chi connectivity index (χ2v) is 4.43. The third-order valence-corrected chi connectivity index (χ3v) is 2.76. The fraction of sp³-hybridized carbons (Fsp3) is 0.0714. The van der Waals surface area contributed by atoms with Gasteiger partial charge in [-0.25, -0.2) is 14.6 Å². The van der Waals surface area contributed by atoms with Crippen molar-refractivity contribution in [3.63, 3.8) is 0 Å². The van der Waals surface area contributed by atoms with Crippen molar-refractivity contribution in [2.45, 2.75) is 6.61 Å². The summed E-state index contributed by atoms with van der Waals surface area (Å²) in [6, 6.07) is 10.3. The van der Waals surface area contributed by atoms with Crippen LogP contribution in [0.15, 0.2) is 42.6 Å². The molecule has 6 nitrogen and oxygen atoms in total. The minimum atomic E-state index is -1.22. The summed E-state index contributed by atoms with van der Waals surface area (Å²) in [7, 11) is 0. The van der Waals surface area contributed by atoms with Crippen LogP contribution in [0.3, 0.4) is 0 Å². The van der Waals surface area contributed by atoms with Crippen LogP contribution in [-0.4, -0.2) is 22.2 Å². The molecule has 0 bridgehead atoms. The fourth-order valence-electron chi connectivity index (χ4n) is 1.58. The summed E-state index contributed by atoms with van der Waals surface area (Å²) in [4.78, 5) is 26.4. The summed E-state index contributed by atoms with van der Waals surface area (Å²) in [5, 5.41) is 11.4. The predicted octanol–water partition coefficient (Wildman–Crippen LogP) is 3.18. The Balaban J connectivity index is 2.01. The topological polar surface area (TPSA) is 88.5 Å². The molecule has 0 aliphatic carbocycles. The molecular formula is C14H11ClN2O4. The molecule has 1 aromatic carbocycles. The van der Waals surface area contributed by atoms with Crippen LogP contribution in [0.2, 0.25) is 5.15 Å². The van der Waals surface area contributed by atoms with Gasteiger partial charge >= 0.3 is 12.1 Å². The van der Waals surface area contributed by atoms with Crippen molar-refractivity contribution in [3.8, 4) is 0 Å². The van der Waals surface area contributed by atoms with Crippen LogP contribution in [-0.2, 0) is 11.3 Å². The van der Waals surface area contributed by atoms with Gasteiger partial charge in [-0.05, 0) is 11.6 Å². The Kier molecular flexibility index (Phi) is 4.73. The Bertz CT molecular complexity index is 661. The molecule has 2 rings (SSSR count). The van der Waals surface area contributed by atoms with E-state index in [0.717, 1.165) is 17.8 Å². The highest BCUT2D eigenvalue weighted by Crippen LogP contribution is 2.18. The van der Waals surface area contributed by atoms with E-state index in [1.54, 1.807) is 12.1 Å². The first-order valence-corrected chi connectivity index (χ1v) is 6.30. The third-order valence-electron chi connectivity index (χ3n) is 2.55. The zero-order valence-corrected chi connectivity index (χ0v) is 11.5. The lowest BCUT2D eigenvalue weighted by Gasteiger charge is -2.09. The van der Waals surface area contributed by atoms with E-state index in [-0.39, 0.29) is 23.0 Å². The molecule has 21 heavy (non-hydrogen) atoms. The number of aromatic nitrogens is 1. The lowest BCUT2D eigenvalue weighted by molar-refractivity contribution is 0.0698. The molecule has 2 N–H and O–H groups in total. The first kappa shape index (κ1) is 14.8. The molecule has 0 saturated heterocycles. The largest absolute Gasteiger partial charge is 0.478 e. The number of hydrogen-bond acceptors (Lipinski definition) is 4. The van der Waals surface area contributed by atoms with Crippen LogP contribution in [0.25, 0.3) is 0 Å². The van der Waals surface area contributed by atoms with E-state index in [4.69, 9.17) is 21.4 Å². The Morgan fingerprint density at radius 3 is 2.67 bits per heavy atom. The molecule has 0 aliphatic rings. The molecule has 1 heterocycles. The van der Waals surface area contributed by atoms with E-state index >= 15 is 0 Å². The number of benzene rings is 1. The van der Waals surface area contributed by atoms with E-state index < -0.39 is 12.1 Å². The van der Waals surface area contributed by atoms with Gasteiger partial charge in [0.25, 0.3) is 0 Å². The maximum atomic E-state index is 11.7. The number of amides is 1. The Labute approximate surface area is 125 Å². The van der Waals surface area contributed by atoms with E-state index in [2.05, 4.69) is 10.3 Å². The van der Waals surface area contributed by atoms with Crippen LogP contribution in [0.5, 0.6) is 0 Å². The highest BCUT2D eigenvalue weighted by molar-refractivity contribution is 6.29. The molecule has 0 radical (unpaired) electrons. The Hall–Kier alpha value is -2.60. The molecule has 1 aromatic heterocycles. The quantitative estimate of drug-likeness (QED) is 0.847. The number of nitrogens with zero attached hydrogens (tertiary/aromatic N) is 1. The number of carboxylic acids is 1. The van der Waals surface area contributed by atoms with Gasteiger partial charge in [-0.2, -0.15) is 0 Å². The number of nitrogens with one attached hydrogen (secondary N) is 1. The lowest BCUT2D eigenvalue weighted by atomic mass is 10.2. The number of rotatable bonds is 4. The molecule has 2 aromatic rings. The zero-order chi connectivity index (χ0) is 15.2. The predicted molar refractivity (Wildman–Crippen MR) is 76.5 cm³/mol. The number of carboxylic acid groups (broad SMARTS) is 1. The Morgan fingerprint density at radius 1 is 1.29 bits per heavy atom. The van der Waals surface area contributed by atoms with Gasteiger partial charge in [0, 0.05) is 0 Å². The average molecular weight is 307 g/mol. The SMILES string of the molecule is O=C(Nc1cnc(Cl)cc1C(=O)O)OCc1ccccc1. The smallest absolute Gasteiger partial charge is 0.412 e. The minimum absolute atomic E-state index is 0.0185. The standard InChI is InChI=1S/C14H11ClN2O4/c15-12-6-10(13(18)19)11(7-16-12)17-14(20)21-8-9-4-2-1-3-5-9/h1-7H,8H2,(H,17,20)(H,18,19). The van der Waals surface area contributed by atoms with Crippen LogP contribution in [0.1, 0.15) is 15.9 Å². The van der Waals surface area contributed by atoms with E-state index in [1.165, 1.54) is 0 Å². The fourth-order valence-corrected chi connectivity index (χ4v) is 1.73. The number of pyridine rings is 1. The van der Waals surface area contributed by atoms with Gasteiger partial charge in [-0.1, -0.05) is 41.9 Å². The van der Waals surface area contributed by atoms with Crippen LogP contribution in [0.4, 0.5) is 10.5 Å². The summed E-state index contributed by atoms with van der Waals surface area (Å²) < 4.78 is 4.99. The number of aromatic carboxylic acids is 1. The van der Waals surface area contributed by atoms with Crippen molar-refractivity contribution in [2.75, 3.05) is 5.32 Å². The molecule has 0 fully saturated rings. The monoisotopic (exact) mass is 306 g/mol. The molecule has 1 amide bonds. The summed E-state index contributed by atoms with van der Waals surface area (Å²) in [5.74, 6) is -1.22. The molecule has 0 aliphatic heterocycles. The van der Waals surface area contributed by atoms with Crippen molar-refractivity contribution in [1.29, 1.82) is 0 Å². The molecule has 0 unspecified atom stereocenters. The summed E-state index contributed by atoms with van der Waals surface area (Å²) in [5.41, 5.74) is 0.678. The highest BCUT2D eigenvalue weighted by Gasteiger charge is 2.14. The van der Waals surface area contributed by atoms with Crippen molar-refractivity contribution in [1.82, 2.24) is 4.98 Å². The molecule has 0 atom stereocenters. The van der Waals surface area contributed by atoms with E-state index in [9.17, 15) is 9.59 Å². The van der Waals surface area contributed by atoms with Gasteiger partial charge in [-0.15, -0.1) is 0 Å². The first-order valence-electron chi connectivity index (χ1n) is 5.93. The minimum Gasteiger partial charge on any atom is -0.478 e. The molecule has 7 heteroatoms. The molecule has 0 saturated carbocycles. The summed E-state index contributed by atoms with van der Waals surface area (Å²) in [6.45, 7) is 0.0795. The van der Waals surface area contributed by atoms with Crippen molar-refractivity contribution in [2.24, 2.45) is 0 Å². The second-order valence-electron chi connectivity index (χ2n) is 4.04.